The van der Waals surface area contributed by atoms with Crippen LogP contribution >= 0.6 is 0 Å². The van der Waals surface area contributed by atoms with Crippen molar-refractivity contribution in [2.75, 3.05) is 7.05 Å². The minimum Gasteiger partial charge on any atom is -0.357 e. The minimum atomic E-state index is 0.280. The maximum atomic E-state index is 8.34. The second kappa shape index (κ2) is 7.96. The van der Waals surface area contributed by atoms with E-state index >= 15 is 0 Å². The number of nitrogens with zero attached hydrogens (tertiary/aromatic N) is 2. The molecule has 0 radical (unpaired) electrons. The highest BCUT2D eigenvalue weighted by molar-refractivity contribution is 6.04. The third-order valence-electron chi connectivity index (χ3n) is 4.97. The molecule has 0 saturated heterocycles. The van der Waals surface area contributed by atoms with E-state index in [0.29, 0.717) is 5.84 Å². The molecule has 3 heteroatoms. The van der Waals surface area contributed by atoms with Crippen LogP contribution in [0.4, 0.5) is 0 Å². The highest BCUT2D eigenvalue weighted by Gasteiger charge is 2.16. The van der Waals surface area contributed by atoms with E-state index in [1.807, 2.05) is 56.4 Å². The number of amidine groups is 2. The Labute approximate surface area is 155 Å². The Hall–Kier alpha value is -2.94. The number of rotatable bonds is 4. The Morgan fingerprint density at radius 1 is 1.04 bits per heavy atom. The zero-order valence-corrected chi connectivity index (χ0v) is 15.6. The van der Waals surface area contributed by atoms with Gasteiger partial charge in [-0.05, 0) is 37.0 Å². The van der Waals surface area contributed by atoms with Crippen molar-refractivity contribution in [2.24, 2.45) is 4.99 Å². The molecule has 1 N–H and O–H groups in total. The van der Waals surface area contributed by atoms with Gasteiger partial charge in [0.25, 0.3) is 0 Å². The Morgan fingerprint density at radius 2 is 1.69 bits per heavy atom. The summed E-state index contributed by atoms with van der Waals surface area (Å²) in [5.74, 6) is 1.14. The van der Waals surface area contributed by atoms with Crippen LogP contribution < -0.4 is 0 Å². The molecule has 2 aromatic carbocycles. The van der Waals surface area contributed by atoms with Gasteiger partial charge in [0, 0.05) is 18.7 Å². The van der Waals surface area contributed by atoms with Gasteiger partial charge in [0.05, 0.1) is 0 Å². The summed E-state index contributed by atoms with van der Waals surface area (Å²) in [6.07, 6.45) is 7.43. The van der Waals surface area contributed by atoms with Crippen LogP contribution in [0.2, 0.25) is 0 Å². The lowest BCUT2D eigenvalue weighted by atomic mass is 10.0. The molecule has 0 heterocycles. The summed E-state index contributed by atoms with van der Waals surface area (Å²) in [6.45, 7) is 4.14. The standard InChI is InChI=1S/C23H25N3/c1-17(19-9-7-8-10-19)26(3)18(2)25-23(24)22-15-13-21(14-16-22)20-11-5-4-6-12-20/h4-9,11-17,24H,10H2,1-3H3/t17-/m1/s1. The minimum absolute atomic E-state index is 0.280. The first-order valence-corrected chi connectivity index (χ1v) is 8.94. The molecule has 1 aliphatic carbocycles. The molecule has 0 unspecified atom stereocenters. The van der Waals surface area contributed by atoms with E-state index in [9.17, 15) is 0 Å². The molecule has 0 aromatic heterocycles. The summed E-state index contributed by atoms with van der Waals surface area (Å²) in [4.78, 5) is 6.65. The maximum absolute atomic E-state index is 8.34. The van der Waals surface area contributed by atoms with E-state index in [4.69, 9.17) is 5.41 Å². The topological polar surface area (TPSA) is 39.5 Å². The van der Waals surface area contributed by atoms with Gasteiger partial charge in [-0.25, -0.2) is 4.99 Å². The van der Waals surface area contributed by atoms with Crippen molar-refractivity contribution in [3.63, 3.8) is 0 Å². The highest BCUT2D eigenvalue weighted by atomic mass is 15.2. The third-order valence-corrected chi connectivity index (χ3v) is 4.97. The van der Waals surface area contributed by atoms with Gasteiger partial charge in [-0.3, -0.25) is 5.41 Å². The number of hydrogen-bond donors (Lipinski definition) is 1. The third kappa shape index (κ3) is 3.99. The van der Waals surface area contributed by atoms with Crippen LogP contribution in [0.15, 0.2) is 83.4 Å². The molecule has 0 fully saturated rings. The van der Waals surface area contributed by atoms with Crippen LogP contribution in [-0.4, -0.2) is 29.7 Å². The number of nitrogens with one attached hydrogen (secondary N) is 1. The van der Waals surface area contributed by atoms with Crippen LogP contribution in [0.1, 0.15) is 25.8 Å². The molecule has 0 saturated carbocycles. The Morgan fingerprint density at radius 3 is 2.31 bits per heavy atom. The lowest BCUT2D eigenvalue weighted by Gasteiger charge is -2.27. The molecule has 0 aliphatic heterocycles. The maximum Gasteiger partial charge on any atom is 0.153 e. The fourth-order valence-electron chi connectivity index (χ4n) is 3.06. The first kappa shape index (κ1) is 17.9. The molecule has 0 amide bonds. The molecule has 1 aliphatic rings. The van der Waals surface area contributed by atoms with Crippen LogP contribution in [0.25, 0.3) is 11.1 Å². The van der Waals surface area contributed by atoms with E-state index < -0.39 is 0 Å². The van der Waals surface area contributed by atoms with Crippen LogP contribution in [-0.2, 0) is 0 Å². The average molecular weight is 343 g/mol. The molecule has 0 bridgehead atoms. The van der Waals surface area contributed by atoms with Gasteiger partial charge in [-0.2, -0.15) is 0 Å². The molecular formula is C23H25N3. The highest BCUT2D eigenvalue weighted by Crippen LogP contribution is 2.20. The predicted molar refractivity (Wildman–Crippen MR) is 111 cm³/mol. The van der Waals surface area contributed by atoms with Gasteiger partial charge in [0.1, 0.15) is 5.84 Å². The van der Waals surface area contributed by atoms with Crippen molar-refractivity contribution < 1.29 is 0 Å². The van der Waals surface area contributed by atoms with Crippen molar-refractivity contribution in [2.45, 2.75) is 26.3 Å². The van der Waals surface area contributed by atoms with Crippen molar-refractivity contribution in [3.8, 4) is 11.1 Å². The summed E-state index contributed by atoms with van der Waals surface area (Å²) in [7, 11) is 2.04. The van der Waals surface area contributed by atoms with Gasteiger partial charge in [0.2, 0.25) is 0 Å². The number of allylic oxidation sites excluding steroid dienone is 3. The summed E-state index contributed by atoms with van der Waals surface area (Å²) in [5, 5.41) is 8.34. The van der Waals surface area contributed by atoms with Crippen LogP contribution in [0, 0.1) is 5.41 Å². The van der Waals surface area contributed by atoms with Crippen molar-refractivity contribution in [1.29, 1.82) is 5.41 Å². The number of likely N-dealkylation sites (N-methyl/N-ethyl adjacent to an activating group) is 1. The second-order valence-corrected chi connectivity index (χ2v) is 6.61. The summed E-state index contributed by atoms with van der Waals surface area (Å²) >= 11 is 0. The van der Waals surface area contributed by atoms with E-state index in [0.717, 1.165) is 23.4 Å². The SMILES string of the molecule is CC(=NC(=N)c1ccc(-c2ccccc2)cc1)N(C)[C@H](C)C1=CC=CC1. The molecule has 1 atom stereocenters. The fourth-order valence-corrected chi connectivity index (χ4v) is 3.06. The quantitative estimate of drug-likeness (QED) is 0.593. The lowest BCUT2D eigenvalue weighted by molar-refractivity contribution is 0.430. The smallest absolute Gasteiger partial charge is 0.153 e. The Balaban J connectivity index is 1.71. The first-order valence-electron chi connectivity index (χ1n) is 8.94. The molecule has 3 nitrogen and oxygen atoms in total. The lowest BCUT2D eigenvalue weighted by Crippen LogP contribution is -2.35. The number of benzene rings is 2. The fraction of sp³-hybridized carbons (Fsp3) is 0.217. The Bertz CT molecular complexity index is 858. The van der Waals surface area contributed by atoms with Gasteiger partial charge in [-0.15, -0.1) is 0 Å². The first-order chi connectivity index (χ1) is 12.6. The van der Waals surface area contributed by atoms with Crippen LogP contribution in [0.3, 0.4) is 0 Å². The average Bonchev–Trinajstić information content (AvgIpc) is 3.22. The number of aliphatic imine (C=N–C) groups is 1. The molecular weight excluding hydrogens is 318 g/mol. The predicted octanol–water partition coefficient (Wildman–Crippen LogP) is 5.30. The summed E-state index contributed by atoms with van der Waals surface area (Å²) < 4.78 is 0. The Kier molecular flexibility index (Phi) is 5.47. The van der Waals surface area contributed by atoms with E-state index in [1.165, 1.54) is 11.1 Å². The monoisotopic (exact) mass is 343 g/mol. The van der Waals surface area contributed by atoms with Crippen molar-refractivity contribution >= 4 is 11.7 Å². The van der Waals surface area contributed by atoms with Crippen molar-refractivity contribution in [1.82, 2.24) is 4.90 Å². The molecule has 132 valence electrons. The number of hydrogen-bond acceptors (Lipinski definition) is 1. The molecule has 0 spiro atoms. The summed E-state index contributed by atoms with van der Waals surface area (Å²) in [5.41, 5.74) is 4.53. The molecule has 26 heavy (non-hydrogen) atoms. The van der Waals surface area contributed by atoms with Gasteiger partial charge >= 0.3 is 0 Å². The van der Waals surface area contributed by atoms with E-state index in [-0.39, 0.29) is 6.04 Å². The van der Waals surface area contributed by atoms with E-state index in [1.54, 1.807) is 0 Å². The zero-order valence-electron chi connectivity index (χ0n) is 15.6. The van der Waals surface area contributed by atoms with Crippen LogP contribution in [0.5, 0.6) is 0 Å². The molecule has 2 aromatic rings. The normalized spacial score (nSPS) is 14.9. The van der Waals surface area contributed by atoms with Gasteiger partial charge < -0.3 is 4.90 Å². The van der Waals surface area contributed by atoms with Gasteiger partial charge in [0.15, 0.2) is 5.84 Å². The summed E-state index contributed by atoms with van der Waals surface area (Å²) in [6, 6.07) is 18.6. The largest absolute Gasteiger partial charge is 0.357 e. The van der Waals surface area contributed by atoms with Gasteiger partial charge in [-0.1, -0.05) is 72.8 Å². The van der Waals surface area contributed by atoms with Crippen molar-refractivity contribution in [3.05, 3.63) is 84.0 Å². The zero-order chi connectivity index (χ0) is 18.5. The second-order valence-electron chi connectivity index (χ2n) is 6.61. The molecule has 3 rings (SSSR count). The van der Waals surface area contributed by atoms with E-state index in [2.05, 4.69) is 47.2 Å².